The summed E-state index contributed by atoms with van der Waals surface area (Å²) in [5, 5.41) is 11.0. The highest BCUT2D eigenvalue weighted by Crippen LogP contribution is 2.31. The number of anilines is 1. The first-order chi connectivity index (χ1) is 16.7. The lowest BCUT2D eigenvalue weighted by Crippen LogP contribution is -2.51. The van der Waals surface area contributed by atoms with Gasteiger partial charge >= 0.3 is 6.18 Å². The molecule has 1 aliphatic rings. The molecule has 13 heteroatoms. The Hall–Kier alpha value is -3.77. The number of hydrogen-bond acceptors (Lipinski definition) is 7. The summed E-state index contributed by atoms with van der Waals surface area (Å²) >= 11 is 0. The van der Waals surface area contributed by atoms with Gasteiger partial charge in [-0.3, -0.25) is 4.79 Å². The lowest BCUT2D eigenvalue weighted by Gasteiger charge is -2.40. The predicted molar refractivity (Wildman–Crippen MR) is 117 cm³/mol. The first kappa shape index (κ1) is 24.4. The zero-order valence-corrected chi connectivity index (χ0v) is 19.0. The smallest absolute Gasteiger partial charge is 0.419 e. The third-order valence-corrected chi connectivity index (χ3v) is 5.98. The highest BCUT2D eigenvalue weighted by atomic mass is 19.4. The summed E-state index contributed by atoms with van der Waals surface area (Å²) in [6.07, 6.45) is 1.20. The molecule has 35 heavy (non-hydrogen) atoms. The highest BCUT2D eigenvalue weighted by molar-refractivity contribution is 5.98. The molecule has 1 amide bonds. The maximum Gasteiger partial charge on any atom is 0.419 e. The van der Waals surface area contributed by atoms with Crippen LogP contribution < -0.4 is 10.1 Å². The number of carbonyl (C=O) groups excluding carboxylic acids is 1. The van der Waals surface area contributed by atoms with Crippen molar-refractivity contribution in [3.8, 4) is 11.4 Å². The number of ether oxygens (including phenoxy) is 1. The molecular weight excluding hydrogens is 470 g/mol. The van der Waals surface area contributed by atoms with Crippen LogP contribution in [-0.2, 0) is 6.18 Å². The Morgan fingerprint density at radius 1 is 1.20 bits per heavy atom. The van der Waals surface area contributed by atoms with Crippen LogP contribution in [0.5, 0.6) is 5.75 Å². The molecule has 3 aromatic rings. The van der Waals surface area contributed by atoms with Gasteiger partial charge in [0.05, 0.1) is 31.1 Å². The van der Waals surface area contributed by atoms with Crippen LogP contribution in [0.3, 0.4) is 0 Å². The standard InChI is InChI=1S/C22H23F4N7O2/c1-13-4-3-9-32(16(13)12-29-21-27-10-14(11-28-21)22(24,25)26)20(34)18-15(33-30-7-8-31-33)5-6-17(35-2)19(18)23/h5-8,10-11,13,16H,3-4,9,12H2,1-2H3,(H,27,28,29). The van der Waals surface area contributed by atoms with Gasteiger partial charge in [-0.2, -0.15) is 28.2 Å². The van der Waals surface area contributed by atoms with Crippen LogP contribution in [0.4, 0.5) is 23.5 Å². The summed E-state index contributed by atoms with van der Waals surface area (Å²) in [7, 11) is 1.30. The summed E-state index contributed by atoms with van der Waals surface area (Å²) in [5.41, 5.74) is -1.03. The van der Waals surface area contributed by atoms with Gasteiger partial charge < -0.3 is 15.0 Å². The number of halogens is 4. The molecule has 0 saturated carbocycles. The first-order valence-corrected chi connectivity index (χ1v) is 10.9. The van der Waals surface area contributed by atoms with Gasteiger partial charge in [0.15, 0.2) is 11.6 Å². The fraction of sp³-hybridized carbons (Fsp3) is 0.409. The molecule has 1 aromatic carbocycles. The minimum absolute atomic E-state index is 0.00263. The lowest BCUT2D eigenvalue weighted by molar-refractivity contribution is -0.138. The SMILES string of the molecule is COc1ccc(-n2nccn2)c(C(=O)N2CCCC(C)C2CNc2ncc(C(F)(F)F)cn2)c1F. The van der Waals surface area contributed by atoms with E-state index in [1.165, 1.54) is 31.6 Å². The Balaban J connectivity index is 1.61. The molecule has 0 bridgehead atoms. The van der Waals surface area contributed by atoms with Crippen LogP contribution in [-0.4, -0.2) is 62.0 Å². The number of methoxy groups -OCH3 is 1. The number of benzene rings is 1. The third kappa shape index (κ3) is 5.03. The number of amides is 1. The molecule has 1 N–H and O–H groups in total. The molecule has 2 unspecified atom stereocenters. The molecule has 1 fully saturated rings. The highest BCUT2D eigenvalue weighted by Gasteiger charge is 2.36. The second kappa shape index (κ2) is 9.84. The molecule has 0 aliphatic carbocycles. The molecule has 2 aromatic heterocycles. The molecule has 2 atom stereocenters. The maximum absolute atomic E-state index is 15.4. The number of nitrogens with zero attached hydrogens (tertiary/aromatic N) is 6. The van der Waals surface area contributed by atoms with Crippen molar-refractivity contribution in [2.45, 2.75) is 32.0 Å². The molecule has 0 spiro atoms. The predicted octanol–water partition coefficient (Wildman–Crippen LogP) is 3.58. The van der Waals surface area contributed by atoms with E-state index in [9.17, 15) is 18.0 Å². The van der Waals surface area contributed by atoms with Crippen LogP contribution in [0.15, 0.2) is 36.9 Å². The van der Waals surface area contributed by atoms with Crippen LogP contribution in [0.2, 0.25) is 0 Å². The van der Waals surface area contributed by atoms with Gasteiger partial charge in [0.25, 0.3) is 5.91 Å². The van der Waals surface area contributed by atoms with Crippen LogP contribution in [0.25, 0.3) is 5.69 Å². The molecule has 0 radical (unpaired) electrons. The Labute approximate surface area is 198 Å². The van der Waals surface area contributed by atoms with Crippen molar-refractivity contribution in [2.75, 3.05) is 25.5 Å². The van der Waals surface area contributed by atoms with Gasteiger partial charge in [-0.25, -0.2) is 14.4 Å². The Morgan fingerprint density at radius 3 is 2.51 bits per heavy atom. The monoisotopic (exact) mass is 493 g/mol. The maximum atomic E-state index is 15.4. The quantitative estimate of drug-likeness (QED) is 0.524. The average Bonchev–Trinajstić information content (AvgIpc) is 3.37. The number of aromatic nitrogens is 5. The van der Waals surface area contributed by atoms with Crippen molar-refractivity contribution in [3.05, 3.63) is 53.9 Å². The number of piperidine rings is 1. The summed E-state index contributed by atoms with van der Waals surface area (Å²) in [6.45, 7) is 2.49. The topological polar surface area (TPSA) is 98.1 Å². The third-order valence-electron chi connectivity index (χ3n) is 5.98. The van der Waals surface area contributed by atoms with Gasteiger partial charge in [-0.1, -0.05) is 6.92 Å². The summed E-state index contributed by atoms with van der Waals surface area (Å²) in [6, 6.07) is 2.50. The average molecular weight is 493 g/mol. The van der Waals surface area contributed by atoms with Crippen molar-refractivity contribution in [1.29, 1.82) is 0 Å². The van der Waals surface area contributed by atoms with Crippen molar-refractivity contribution >= 4 is 11.9 Å². The first-order valence-electron chi connectivity index (χ1n) is 10.9. The van der Waals surface area contributed by atoms with Gasteiger partial charge in [0, 0.05) is 25.5 Å². The fourth-order valence-electron chi connectivity index (χ4n) is 4.13. The Bertz CT molecular complexity index is 1170. The van der Waals surface area contributed by atoms with Gasteiger partial charge in [-0.15, -0.1) is 0 Å². The van der Waals surface area contributed by atoms with Gasteiger partial charge in [0.2, 0.25) is 5.95 Å². The van der Waals surface area contributed by atoms with E-state index in [0.29, 0.717) is 25.4 Å². The van der Waals surface area contributed by atoms with E-state index < -0.39 is 29.5 Å². The summed E-state index contributed by atoms with van der Waals surface area (Å²) < 4.78 is 58.8. The van der Waals surface area contributed by atoms with Crippen LogP contribution in [0.1, 0.15) is 35.7 Å². The number of carbonyl (C=O) groups is 1. The normalized spacial score (nSPS) is 18.4. The van der Waals surface area contributed by atoms with E-state index in [1.54, 1.807) is 4.90 Å². The number of rotatable bonds is 6. The lowest BCUT2D eigenvalue weighted by atomic mass is 9.90. The Morgan fingerprint density at radius 2 is 1.89 bits per heavy atom. The number of hydrogen-bond donors (Lipinski definition) is 1. The molecule has 9 nitrogen and oxygen atoms in total. The van der Waals surface area contributed by atoms with Crippen LogP contribution in [0, 0.1) is 11.7 Å². The Kier molecular flexibility index (Phi) is 6.85. The van der Waals surface area contributed by atoms with E-state index in [4.69, 9.17) is 4.74 Å². The van der Waals surface area contributed by atoms with Crippen LogP contribution >= 0.6 is 0 Å². The van der Waals surface area contributed by atoms with E-state index in [1.807, 2.05) is 6.92 Å². The second-order valence-corrected chi connectivity index (χ2v) is 8.15. The molecule has 3 heterocycles. The number of alkyl halides is 3. The molecule has 1 aliphatic heterocycles. The van der Waals surface area contributed by atoms with E-state index in [0.717, 1.165) is 11.2 Å². The van der Waals surface area contributed by atoms with E-state index in [2.05, 4.69) is 25.5 Å². The van der Waals surface area contributed by atoms with E-state index in [-0.39, 0.29) is 35.4 Å². The zero-order valence-electron chi connectivity index (χ0n) is 19.0. The molecular formula is C22H23F4N7O2. The van der Waals surface area contributed by atoms with Crippen molar-refractivity contribution in [3.63, 3.8) is 0 Å². The van der Waals surface area contributed by atoms with Gasteiger partial charge in [-0.05, 0) is 30.9 Å². The molecule has 186 valence electrons. The fourth-order valence-corrected chi connectivity index (χ4v) is 4.13. The van der Waals surface area contributed by atoms with Crippen molar-refractivity contribution in [2.24, 2.45) is 5.92 Å². The minimum Gasteiger partial charge on any atom is -0.494 e. The second-order valence-electron chi connectivity index (χ2n) is 8.15. The van der Waals surface area contributed by atoms with Crippen molar-refractivity contribution in [1.82, 2.24) is 29.9 Å². The minimum atomic E-state index is -4.54. The van der Waals surface area contributed by atoms with Gasteiger partial charge in [0.1, 0.15) is 11.3 Å². The largest absolute Gasteiger partial charge is 0.494 e. The number of likely N-dealkylation sites (tertiary alicyclic amines) is 1. The van der Waals surface area contributed by atoms with Crippen molar-refractivity contribution < 1.29 is 27.1 Å². The molecule has 1 saturated heterocycles. The summed E-state index contributed by atoms with van der Waals surface area (Å²) in [4.78, 5) is 23.9. The van der Waals surface area contributed by atoms with E-state index >= 15 is 4.39 Å². The zero-order chi connectivity index (χ0) is 25.2. The number of nitrogens with one attached hydrogen (secondary N) is 1. The summed E-state index contributed by atoms with van der Waals surface area (Å²) in [5.74, 6) is -1.47. The molecule has 4 rings (SSSR count).